The molecule has 6 heteroatoms. The summed E-state index contributed by atoms with van der Waals surface area (Å²) in [6, 6.07) is 0. The summed E-state index contributed by atoms with van der Waals surface area (Å²) < 4.78 is 14.3. The standard InChI is InChI=1S/C4H10NO4P/c1-2-4(3-5)9-10(6,7)8/h2,4H,1,3,5H2,(H2,6,7,8). The molecule has 0 heterocycles. The first-order chi connectivity index (χ1) is 4.49. The Morgan fingerprint density at radius 1 is 1.80 bits per heavy atom. The van der Waals surface area contributed by atoms with Crippen molar-refractivity contribution in [3.63, 3.8) is 0 Å². The van der Waals surface area contributed by atoms with Crippen molar-refractivity contribution in [3.05, 3.63) is 12.7 Å². The summed E-state index contributed by atoms with van der Waals surface area (Å²) in [6.07, 6.45) is 0.458. The minimum absolute atomic E-state index is 0.00854. The summed E-state index contributed by atoms with van der Waals surface area (Å²) in [5.41, 5.74) is 5.05. The molecule has 4 N–H and O–H groups in total. The molecule has 0 bridgehead atoms. The lowest BCUT2D eigenvalue weighted by Gasteiger charge is -2.10. The van der Waals surface area contributed by atoms with Crippen molar-refractivity contribution in [1.82, 2.24) is 0 Å². The summed E-state index contributed by atoms with van der Waals surface area (Å²) >= 11 is 0. The van der Waals surface area contributed by atoms with E-state index in [4.69, 9.17) is 15.5 Å². The molecular formula is C4H10NO4P. The Labute approximate surface area is 58.7 Å². The first-order valence-corrected chi connectivity index (χ1v) is 4.09. The van der Waals surface area contributed by atoms with E-state index in [9.17, 15) is 4.57 Å². The zero-order chi connectivity index (χ0) is 8.20. The summed E-state index contributed by atoms with van der Waals surface area (Å²) in [5, 5.41) is 0. The van der Waals surface area contributed by atoms with Crippen LogP contribution in [0.1, 0.15) is 0 Å². The lowest BCUT2D eigenvalue weighted by molar-refractivity contribution is 0.165. The first kappa shape index (κ1) is 9.81. The van der Waals surface area contributed by atoms with Gasteiger partial charge in [-0.25, -0.2) is 4.57 Å². The number of hydrogen-bond acceptors (Lipinski definition) is 3. The number of rotatable bonds is 4. The van der Waals surface area contributed by atoms with Gasteiger partial charge >= 0.3 is 7.82 Å². The molecule has 10 heavy (non-hydrogen) atoms. The van der Waals surface area contributed by atoms with Gasteiger partial charge < -0.3 is 15.5 Å². The molecular weight excluding hydrogens is 157 g/mol. The molecule has 60 valence electrons. The van der Waals surface area contributed by atoms with Gasteiger partial charge in [-0.3, -0.25) is 4.52 Å². The van der Waals surface area contributed by atoms with E-state index >= 15 is 0 Å². The predicted molar refractivity (Wildman–Crippen MR) is 36.2 cm³/mol. The molecule has 5 nitrogen and oxygen atoms in total. The lowest BCUT2D eigenvalue weighted by atomic mass is 10.4. The van der Waals surface area contributed by atoms with Crippen LogP contribution in [0.5, 0.6) is 0 Å². The second kappa shape index (κ2) is 3.85. The maximum absolute atomic E-state index is 10.1. The van der Waals surface area contributed by atoms with Gasteiger partial charge in [-0.05, 0) is 0 Å². The average Bonchev–Trinajstić information content (AvgIpc) is 1.81. The van der Waals surface area contributed by atoms with Gasteiger partial charge in [0.2, 0.25) is 0 Å². The number of phosphoric ester groups is 1. The molecule has 0 amide bonds. The van der Waals surface area contributed by atoms with Crippen molar-refractivity contribution in [3.8, 4) is 0 Å². The van der Waals surface area contributed by atoms with Gasteiger partial charge in [0, 0.05) is 6.54 Å². The number of nitrogens with two attached hydrogens (primary N) is 1. The molecule has 0 saturated carbocycles. The largest absolute Gasteiger partial charge is 0.470 e. The van der Waals surface area contributed by atoms with E-state index in [1.54, 1.807) is 0 Å². The Balaban J connectivity index is 3.86. The molecule has 0 spiro atoms. The molecule has 0 saturated heterocycles. The van der Waals surface area contributed by atoms with Crippen LogP contribution in [0.3, 0.4) is 0 Å². The highest BCUT2D eigenvalue weighted by molar-refractivity contribution is 7.46. The molecule has 0 aromatic heterocycles. The fraction of sp³-hybridized carbons (Fsp3) is 0.500. The van der Waals surface area contributed by atoms with Gasteiger partial charge in [0.1, 0.15) is 0 Å². The van der Waals surface area contributed by atoms with Crippen LogP contribution >= 0.6 is 7.82 Å². The van der Waals surface area contributed by atoms with Crippen LogP contribution in [0.2, 0.25) is 0 Å². The van der Waals surface area contributed by atoms with E-state index in [0.717, 1.165) is 0 Å². The molecule has 0 aliphatic carbocycles. The monoisotopic (exact) mass is 167 g/mol. The van der Waals surface area contributed by atoms with E-state index in [2.05, 4.69) is 11.1 Å². The molecule has 1 atom stereocenters. The molecule has 0 aliphatic rings. The molecule has 0 fully saturated rings. The highest BCUT2D eigenvalue weighted by Gasteiger charge is 2.18. The molecule has 0 radical (unpaired) electrons. The maximum Gasteiger partial charge on any atom is 0.470 e. The number of phosphoric acid groups is 1. The lowest BCUT2D eigenvalue weighted by Crippen LogP contribution is -2.19. The fourth-order valence-electron chi connectivity index (χ4n) is 0.359. The molecule has 0 rings (SSSR count). The van der Waals surface area contributed by atoms with E-state index in [0.29, 0.717) is 0 Å². The summed E-state index contributed by atoms with van der Waals surface area (Å²) in [6.45, 7) is 3.28. The summed E-state index contributed by atoms with van der Waals surface area (Å²) in [7, 11) is -4.41. The van der Waals surface area contributed by atoms with Crippen LogP contribution in [0.25, 0.3) is 0 Å². The Hall–Kier alpha value is -0.190. The minimum atomic E-state index is -4.41. The minimum Gasteiger partial charge on any atom is -0.328 e. The van der Waals surface area contributed by atoms with Crippen LogP contribution in [-0.2, 0) is 9.09 Å². The Morgan fingerprint density at radius 2 is 2.30 bits per heavy atom. The van der Waals surface area contributed by atoms with Gasteiger partial charge in [-0.15, -0.1) is 6.58 Å². The van der Waals surface area contributed by atoms with Gasteiger partial charge in [0.15, 0.2) is 0 Å². The van der Waals surface area contributed by atoms with Crippen LogP contribution in [-0.4, -0.2) is 22.4 Å². The summed E-state index contributed by atoms with van der Waals surface area (Å²) in [4.78, 5) is 16.5. The van der Waals surface area contributed by atoms with Crippen molar-refractivity contribution >= 4 is 7.82 Å². The molecule has 0 aromatic rings. The van der Waals surface area contributed by atoms with Crippen LogP contribution in [0, 0.1) is 0 Å². The van der Waals surface area contributed by atoms with E-state index in [1.807, 2.05) is 0 Å². The molecule has 0 aliphatic heterocycles. The third-order valence-corrected chi connectivity index (χ3v) is 1.31. The van der Waals surface area contributed by atoms with Gasteiger partial charge in [0.05, 0.1) is 6.10 Å². The Morgan fingerprint density at radius 3 is 2.40 bits per heavy atom. The fourth-order valence-corrected chi connectivity index (χ4v) is 0.884. The third-order valence-electron chi connectivity index (χ3n) is 0.768. The normalized spacial score (nSPS) is 14.7. The van der Waals surface area contributed by atoms with Gasteiger partial charge in [0.25, 0.3) is 0 Å². The predicted octanol–water partition coefficient (Wildman–Crippen LogP) is -0.391. The third kappa shape index (κ3) is 4.67. The molecule has 1 unspecified atom stereocenters. The highest BCUT2D eigenvalue weighted by atomic mass is 31.2. The zero-order valence-electron chi connectivity index (χ0n) is 5.30. The number of hydrogen-bond donors (Lipinski definition) is 3. The van der Waals surface area contributed by atoms with Crippen LogP contribution < -0.4 is 5.73 Å². The Kier molecular flexibility index (Phi) is 3.78. The van der Waals surface area contributed by atoms with Crippen LogP contribution in [0.4, 0.5) is 0 Å². The van der Waals surface area contributed by atoms with Gasteiger partial charge in [-0.2, -0.15) is 0 Å². The quantitative estimate of drug-likeness (QED) is 0.391. The first-order valence-electron chi connectivity index (χ1n) is 2.56. The van der Waals surface area contributed by atoms with E-state index in [-0.39, 0.29) is 6.54 Å². The second-order valence-corrected chi connectivity index (χ2v) is 2.80. The maximum atomic E-state index is 10.1. The van der Waals surface area contributed by atoms with Crippen molar-refractivity contribution in [2.24, 2.45) is 5.73 Å². The summed E-state index contributed by atoms with van der Waals surface area (Å²) in [5.74, 6) is 0. The SMILES string of the molecule is C=CC(CN)OP(=O)(O)O. The van der Waals surface area contributed by atoms with E-state index in [1.165, 1.54) is 6.08 Å². The van der Waals surface area contributed by atoms with Crippen molar-refractivity contribution in [2.75, 3.05) is 6.54 Å². The van der Waals surface area contributed by atoms with Crippen LogP contribution in [0.15, 0.2) is 12.7 Å². The zero-order valence-corrected chi connectivity index (χ0v) is 6.20. The molecule has 0 aromatic carbocycles. The smallest absolute Gasteiger partial charge is 0.328 e. The Bertz CT molecular complexity index is 153. The second-order valence-electron chi connectivity index (χ2n) is 1.61. The average molecular weight is 167 g/mol. The van der Waals surface area contributed by atoms with Crippen molar-refractivity contribution < 1.29 is 18.9 Å². The highest BCUT2D eigenvalue weighted by Crippen LogP contribution is 2.37. The van der Waals surface area contributed by atoms with Gasteiger partial charge in [-0.1, -0.05) is 6.08 Å². The van der Waals surface area contributed by atoms with Crippen molar-refractivity contribution in [2.45, 2.75) is 6.10 Å². The van der Waals surface area contributed by atoms with E-state index < -0.39 is 13.9 Å². The van der Waals surface area contributed by atoms with Crippen molar-refractivity contribution in [1.29, 1.82) is 0 Å². The topological polar surface area (TPSA) is 92.8 Å².